The van der Waals surface area contributed by atoms with Gasteiger partial charge in [0.25, 0.3) is 5.91 Å². The first-order valence-corrected chi connectivity index (χ1v) is 11.1. The SMILES string of the molecule is CN=C(NCc1ccc(C(=O)N(C)C)cc1)NCc1ccc(S(C)(=O)=O)c(C)c1. The number of hydrogen-bond acceptors (Lipinski definition) is 4. The zero-order valence-electron chi connectivity index (χ0n) is 17.5. The maximum absolute atomic E-state index is 11.9. The number of nitrogens with one attached hydrogen (secondary N) is 2. The van der Waals surface area contributed by atoms with E-state index in [-0.39, 0.29) is 5.91 Å². The van der Waals surface area contributed by atoms with Crippen LogP contribution in [-0.2, 0) is 22.9 Å². The molecular weight excluding hydrogens is 388 g/mol. The molecule has 0 aliphatic carbocycles. The standard InChI is InChI=1S/C21H28N4O3S/c1-15-12-17(8-11-19(15)29(5,27)28)14-24-21(22-2)23-13-16-6-9-18(10-7-16)20(26)25(3)4/h6-12H,13-14H2,1-5H3,(H2,22,23,24). The minimum Gasteiger partial charge on any atom is -0.352 e. The molecule has 0 saturated heterocycles. The molecule has 0 unspecified atom stereocenters. The number of nitrogens with zero attached hydrogens (tertiary/aromatic N) is 2. The van der Waals surface area contributed by atoms with E-state index >= 15 is 0 Å². The summed E-state index contributed by atoms with van der Waals surface area (Å²) in [5.74, 6) is 0.599. The van der Waals surface area contributed by atoms with Crippen molar-refractivity contribution >= 4 is 21.7 Å². The predicted molar refractivity (Wildman–Crippen MR) is 116 cm³/mol. The third kappa shape index (κ3) is 6.32. The normalized spacial score (nSPS) is 11.8. The van der Waals surface area contributed by atoms with Gasteiger partial charge in [0.15, 0.2) is 15.8 Å². The van der Waals surface area contributed by atoms with Crippen molar-refractivity contribution in [3.05, 3.63) is 64.7 Å². The lowest BCUT2D eigenvalue weighted by Crippen LogP contribution is -2.36. The van der Waals surface area contributed by atoms with Crippen LogP contribution in [-0.4, -0.2) is 52.6 Å². The molecule has 2 rings (SSSR count). The van der Waals surface area contributed by atoms with E-state index in [4.69, 9.17) is 0 Å². The molecule has 29 heavy (non-hydrogen) atoms. The zero-order chi connectivity index (χ0) is 21.6. The van der Waals surface area contributed by atoms with Crippen LogP contribution >= 0.6 is 0 Å². The minimum atomic E-state index is -3.22. The lowest BCUT2D eigenvalue weighted by molar-refractivity contribution is 0.0827. The Labute approximate surface area is 172 Å². The molecule has 0 aliphatic heterocycles. The van der Waals surface area contributed by atoms with E-state index in [1.165, 1.54) is 6.26 Å². The fourth-order valence-electron chi connectivity index (χ4n) is 2.85. The predicted octanol–water partition coefficient (Wildman–Crippen LogP) is 1.97. The van der Waals surface area contributed by atoms with Crippen LogP contribution in [0, 0.1) is 6.92 Å². The van der Waals surface area contributed by atoms with Crippen LogP contribution in [0.15, 0.2) is 52.4 Å². The highest BCUT2D eigenvalue weighted by atomic mass is 32.2. The van der Waals surface area contributed by atoms with Crippen molar-refractivity contribution in [2.75, 3.05) is 27.4 Å². The molecule has 2 aromatic rings. The molecule has 156 valence electrons. The van der Waals surface area contributed by atoms with Crippen LogP contribution in [0.25, 0.3) is 0 Å². The maximum Gasteiger partial charge on any atom is 0.253 e. The Morgan fingerprint density at radius 2 is 1.55 bits per heavy atom. The second kappa shape index (κ2) is 9.56. The van der Waals surface area contributed by atoms with Gasteiger partial charge in [0.2, 0.25) is 0 Å². The van der Waals surface area contributed by atoms with Crippen molar-refractivity contribution in [2.45, 2.75) is 24.9 Å². The third-order valence-corrected chi connectivity index (χ3v) is 5.65. The molecule has 1 amide bonds. The second-order valence-corrected chi connectivity index (χ2v) is 9.03. The summed E-state index contributed by atoms with van der Waals surface area (Å²) in [6.45, 7) is 2.86. The van der Waals surface area contributed by atoms with Crippen molar-refractivity contribution < 1.29 is 13.2 Å². The average Bonchev–Trinajstić information content (AvgIpc) is 2.67. The van der Waals surface area contributed by atoms with E-state index < -0.39 is 9.84 Å². The van der Waals surface area contributed by atoms with Crippen molar-refractivity contribution in [2.24, 2.45) is 4.99 Å². The molecule has 7 nitrogen and oxygen atoms in total. The Kier molecular flexibility index (Phi) is 7.39. The molecule has 0 saturated carbocycles. The van der Waals surface area contributed by atoms with E-state index in [9.17, 15) is 13.2 Å². The van der Waals surface area contributed by atoms with Crippen molar-refractivity contribution in [1.29, 1.82) is 0 Å². The Balaban J connectivity index is 1.93. The summed E-state index contributed by atoms with van der Waals surface area (Å²) in [6, 6.07) is 12.7. The van der Waals surface area contributed by atoms with Crippen LogP contribution in [0.3, 0.4) is 0 Å². The molecule has 0 fully saturated rings. The van der Waals surface area contributed by atoms with Gasteiger partial charge in [-0.15, -0.1) is 0 Å². The van der Waals surface area contributed by atoms with E-state index in [1.807, 2.05) is 30.3 Å². The summed E-state index contributed by atoms with van der Waals surface area (Å²) < 4.78 is 23.4. The van der Waals surface area contributed by atoms with Gasteiger partial charge in [-0.2, -0.15) is 0 Å². The molecule has 2 N–H and O–H groups in total. The smallest absolute Gasteiger partial charge is 0.253 e. The molecule has 0 radical (unpaired) electrons. The highest BCUT2D eigenvalue weighted by molar-refractivity contribution is 7.90. The number of carbonyl (C=O) groups excluding carboxylic acids is 1. The highest BCUT2D eigenvalue weighted by Gasteiger charge is 2.11. The van der Waals surface area contributed by atoms with Gasteiger partial charge in [-0.1, -0.05) is 24.3 Å². The fourth-order valence-corrected chi connectivity index (χ4v) is 3.81. The first-order chi connectivity index (χ1) is 13.6. The van der Waals surface area contributed by atoms with Crippen molar-refractivity contribution in [3.63, 3.8) is 0 Å². The van der Waals surface area contributed by atoms with Gasteiger partial charge in [-0.05, 0) is 41.8 Å². The lowest BCUT2D eigenvalue weighted by atomic mass is 10.1. The van der Waals surface area contributed by atoms with Crippen LogP contribution < -0.4 is 10.6 Å². The number of rotatable bonds is 6. The van der Waals surface area contributed by atoms with Gasteiger partial charge in [0, 0.05) is 46.1 Å². The molecule has 0 aliphatic rings. The maximum atomic E-state index is 11.9. The van der Waals surface area contributed by atoms with Crippen LogP contribution in [0.5, 0.6) is 0 Å². The van der Waals surface area contributed by atoms with Gasteiger partial charge in [-0.3, -0.25) is 9.79 Å². The lowest BCUT2D eigenvalue weighted by Gasteiger charge is -2.14. The number of hydrogen-bond donors (Lipinski definition) is 2. The number of sulfone groups is 1. The van der Waals surface area contributed by atoms with E-state index in [2.05, 4.69) is 15.6 Å². The number of aliphatic imine (C=N–C) groups is 1. The number of guanidine groups is 1. The van der Waals surface area contributed by atoms with Gasteiger partial charge < -0.3 is 15.5 Å². The number of amides is 1. The van der Waals surface area contributed by atoms with E-state index in [0.29, 0.717) is 29.5 Å². The monoisotopic (exact) mass is 416 g/mol. The van der Waals surface area contributed by atoms with Crippen molar-refractivity contribution in [3.8, 4) is 0 Å². The Hall–Kier alpha value is -2.87. The topological polar surface area (TPSA) is 90.9 Å². The molecule has 0 aromatic heterocycles. The number of benzene rings is 2. The summed E-state index contributed by atoms with van der Waals surface area (Å²) in [5, 5.41) is 6.44. The minimum absolute atomic E-state index is 0.0285. The summed E-state index contributed by atoms with van der Waals surface area (Å²) in [7, 11) is 1.92. The second-order valence-electron chi connectivity index (χ2n) is 7.05. The van der Waals surface area contributed by atoms with Crippen LogP contribution in [0.4, 0.5) is 0 Å². The average molecular weight is 417 g/mol. The summed E-state index contributed by atoms with van der Waals surface area (Å²) in [5.41, 5.74) is 3.36. The Morgan fingerprint density at radius 1 is 1.00 bits per heavy atom. The van der Waals surface area contributed by atoms with Crippen LogP contribution in [0.1, 0.15) is 27.0 Å². The van der Waals surface area contributed by atoms with Gasteiger partial charge in [0.1, 0.15) is 0 Å². The molecule has 2 aromatic carbocycles. The van der Waals surface area contributed by atoms with Gasteiger partial charge in [0.05, 0.1) is 4.90 Å². The Bertz CT molecular complexity index is 997. The summed E-state index contributed by atoms with van der Waals surface area (Å²) >= 11 is 0. The molecule has 8 heteroatoms. The van der Waals surface area contributed by atoms with E-state index in [1.54, 1.807) is 45.1 Å². The molecule has 0 bridgehead atoms. The zero-order valence-corrected chi connectivity index (χ0v) is 18.3. The Morgan fingerprint density at radius 3 is 2.03 bits per heavy atom. The highest BCUT2D eigenvalue weighted by Crippen LogP contribution is 2.16. The molecular formula is C21H28N4O3S. The first-order valence-electron chi connectivity index (χ1n) is 9.16. The summed E-state index contributed by atoms with van der Waals surface area (Å²) in [4.78, 5) is 18.0. The van der Waals surface area contributed by atoms with Crippen LogP contribution in [0.2, 0.25) is 0 Å². The molecule has 0 spiro atoms. The summed E-state index contributed by atoms with van der Waals surface area (Å²) in [6.07, 6.45) is 1.21. The fraction of sp³-hybridized carbons (Fsp3) is 0.333. The van der Waals surface area contributed by atoms with Gasteiger partial charge >= 0.3 is 0 Å². The number of aryl methyl sites for hydroxylation is 1. The quantitative estimate of drug-likeness (QED) is 0.555. The van der Waals surface area contributed by atoms with E-state index in [0.717, 1.165) is 16.7 Å². The molecule has 0 atom stereocenters. The molecule has 0 heterocycles. The van der Waals surface area contributed by atoms with Crippen molar-refractivity contribution in [1.82, 2.24) is 15.5 Å². The largest absolute Gasteiger partial charge is 0.352 e. The number of carbonyl (C=O) groups is 1. The third-order valence-electron chi connectivity index (χ3n) is 4.39. The first kappa shape index (κ1) is 22.4. The van der Waals surface area contributed by atoms with Gasteiger partial charge in [-0.25, -0.2) is 8.42 Å².